The number of hydrogen-bond donors (Lipinski definition) is 1. The molecule has 3 aliphatic rings. The largest absolute Gasteiger partial charge is 0.447 e. The second-order valence-corrected chi connectivity index (χ2v) is 8.73. The Balaban J connectivity index is 2.12. The monoisotopic (exact) mass is 500 g/mol. The smallest absolute Gasteiger partial charge is 0.409 e. The van der Waals surface area contributed by atoms with Gasteiger partial charge in [-0.1, -0.05) is 0 Å². The fourth-order valence-corrected chi connectivity index (χ4v) is 4.68. The summed E-state index contributed by atoms with van der Waals surface area (Å²) in [6.07, 6.45) is 0.296. The van der Waals surface area contributed by atoms with E-state index in [1.165, 1.54) is 9.80 Å². The van der Waals surface area contributed by atoms with Crippen LogP contribution in [-0.4, -0.2) is 115 Å². The third kappa shape index (κ3) is 6.51. The molecule has 0 aromatic carbocycles. The van der Waals surface area contributed by atoms with Crippen LogP contribution in [0.4, 0.5) is 9.59 Å². The average molecular weight is 502 g/mol. The summed E-state index contributed by atoms with van der Waals surface area (Å²) < 4.78 is 11.1. The van der Waals surface area contributed by atoms with Gasteiger partial charge in [-0.15, -0.1) is 34.8 Å². The highest BCUT2D eigenvalue weighted by molar-refractivity contribution is 6.18. The first kappa shape index (κ1) is 26.3. The van der Waals surface area contributed by atoms with Crippen LogP contribution >= 0.6 is 34.8 Å². The van der Waals surface area contributed by atoms with Gasteiger partial charge >= 0.3 is 12.2 Å². The molecule has 12 heteroatoms. The van der Waals surface area contributed by atoms with E-state index in [0.717, 1.165) is 12.8 Å². The SMILES string of the molecule is NCCN(CCCl)C(=O)OCC1(COC(=O)N(CCCl)CCCl)C(=O)C2CCN1CC2. The van der Waals surface area contributed by atoms with Crippen molar-refractivity contribution in [1.82, 2.24) is 14.7 Å². The summed E-state index contributed by atoms with van der Waals surface area (Å²) in [4.78, 5) is 43.1. The molecule has 0 radical (unpaired) electrons. The minimum Gasteiger partial charge on any atom is -0.447 e. The molecule has 1 atom stereocenters. The van der Waals surface area contributed by atoms with Crippen LogP contribution in [0.3, 0.4) is 0 Å². The summed E-state index contributed by atoms with van der Waals surface area (Å²) in [6, 6.07) is 0. The third-order valence-electron chi connectivity index (χ3n) is 5.78. The fraction of sp³-hybridized carbons (Fsp3) is 0.842. The molecule has 2 N–H and O–H groups in total. The Hall–Kier alpha value is -1.00. The Morgan fingerprint density at radius 2 is 1.39 bits per heavy atom. The minimum absolute atomic E-state index is 0.0606. The van der Waals surface area contributed by atoms with E-state index >= 15 is 0 Å². The Morgan fingerprint density at radius 3 is 1.77 bits per heavy atom. The van der Waals surface area contributed by atoms with E-state index in [0.29, 0.717) is 19.6 Å². The van der Waals surface area contributed by atoms with Crippen LogP contribution in [0.2, 0.25) is 0 Å². The molecule has 3 rings (SSSR count). The fourth-order valence-electron chi connectivity index (χ4n) is 4.07. The Bertz CT molecular complexity index is 575. The molecule has 0 saturated carbocycles. The summed E-state index contributed by atoms with van der Waals surface area (Å²) in [5.41, 5.74) is 4.36. The zero-order valence-corrected chi connectivity index (χ0v) is 19.8. The minimum atomic E-state index is -1.20. The van der Waals surface area contributed by atoms with Gasteiger partial charge in [0, 0.05) is 69.4 Å². The number of piperidine rings is 3. The van der Waals surface area contributed by atoms with Crippen LogP contribution in [0.1, 0.15) is 12.8 Å². The van der Waals surface area contributed by atoms with Crippen LogP contribution < -0.4 is 5.73 Å². The molecule has 3 fully saturated rings. The standard InChI is InChI=1S/C19H31Cl3N4O5/c20-3-9-24(10-4-21)17(28)30-13-19(16(27)15-1-7-26(19)8-2-15)14-31-18(29)25(11-5-22)12-6-23/h15H,1-14,23H2. The van der Waals surface area contributed by atoms with Crippen molar-refractivity contribution in [3.63, 3.8) is 0 Å². The van der Waals surface area contributed by atoms with E-state index in [2.05, 4.69) is 0 Å². The van der Waals surface area contributed by atoms with Crippen LogP contribution in [0.25, 0.3) is 0 Å². The molecule has 2 bridgehead atoms. The van der Waals surface area contributed by atoms with Gasteiger partial charge in [-0.25, -0.2) is 9.59 Å². The van der Waals surface area contributed by atoms with Gasteiger partial charge in [0.1, 0.15) is 18.8 Å². The van der Waals surface area contributed by atoms with Crippen LogP contribution in [0.15, 0.2) is 0 Å². The highest BCUT2D eigenvalue weighted by Gasteiger charge is 2.55. The van der Waals surface area contributed by atoms with Gasteiger partial charge < -0.3 is 25.0 Å². The van der Waals surface area contributed by atoms with Crippen LogP contribution in [0, 0.1) is 5.92 Å². The second kappa shape index (κ2) is 12.9. The molecule has 0 aliphatic carbocycles. The van der Waals surface area contributed by atoms with Crippen molar-refractivity contribution >= 4 is 52.8 Å². The molecule has 0 spiro atoms. The second-order valence-electron chi connectivity index (χ2n) is 7.60. The van der Waals surface area contributed by atoms with E-state index in [-0.39, 0.29) is 68.7 Å². The van der Waals surface area contributed by atoms with E-state index in [1.54, 1.807) is 0 Å². The molecule has 0 aromatic heterocycles. The van der Waals surface area contributed by atoms with Crippen molar-refractivity contribution in [3.05, 3.63) is 0 Å². The molecule has 31 heavy (non-hydrogen) atoms. The summed E-state index contributed by atoms with van der Waals surface area (Å²) in [5, 5.41) is 0. The Kier molecular flexibility index (Phi) is 10.9. The van der Waals surface area contributed by atoms with Crippen LogP contribution in [-0.2, 0) is 14.3 Å². The maximum atomic E-state index is 13.2. The van der Waals surface area contributed by atoms with Gasteiger partial charge in [0.2, 0.25) is 0 Å². The molecule has 1 unspecified atom stereocenters. The van der Waals surface area contributed by atoms with Gasteiger partial charge in [0.15, 0.2) is 5.78 Å². The van der Waals surface area contributed by atoms with Gasteiger partial charge in [-0.05, 0) is 12.8 Å². The number of rotatable bonds is 12. The number of Topliss-reactive ketones (excluding diaryl/α,β-unsaturated/α-hetero) is 1. The maximum absolute atomic E-state index is 13.2. The summed E-state index contributed by atoms with van der Waals surface area (Å²) in [7, 11) is 0. The lowest BCUT2D eigenvalue weighted by Crippen LogP contribution is -2.69. The molecule has 2 amide bonds. The Morgan fingerprint density at radius 1 is 0.935 bits per heavy atom. The maximum Gasteiger partial charge on any atom is 0.409 e. The number of halogens is 3. The zero-order valence-electron chi connectivity index (χ0n) is 17.6. The molecule has 0 aromatic rings. The lowest BCUT2D eigenvalue weighted by Gasteiger charge is -2.51. The summed E-state index contributed by atoms with van der Waals surface area (Å²) in [5.74, 6) is 0.516. The van der Waals surface area contributed by atoms with E-state index < -0.39 is 17.7 Å². The molecular formula is C19H31Cl3N4O5. The van der Waals surface area contributed by atoms with Gasteiger partial charge in [0.25, 0.3) is 0 Å². The quantitative estimate of drug-likeness (QED) is 0.405. The zero-order chi connectivity index (χ0) is 22.9. The van der Waals surface area contributed by atoms with E-state index in [4.69, 9.17) is 50.0 Å². The lowest BCUT2D eigenvalue weighted by molar-refractivity contribution is -0.157. The topological polar surface area (TPSA) is 105 Å². The summed E-state index contributed by atoms with van der Waals surface area (Å²) >= 11 is 17.3. The van der Waals surface area contributed by atoms with Crippen molar-refractivity contribution in [2.45, 2.75) is 18.4 Å². The number of alkyl halides is 3. The molecule has 178 valence electrons. The van der Waals surface area contributed by atoms with E-state index in [1.807, 2.05) is 4.90 Å². The lowest BCUT2D eigenvalue weighted by atomic mass is 9.74. The first-order valence-corrected chi connectivity index (χ1v) is 12.0. The number of nitrogens with two attached hydrogens (primary N) is 1. The van der Waals surface area contributed by atoms with Crippen molar-refractivity contribution in [3.8, 4) is 0 Å². The highest BCUT2D eigenvalue weighted by atomic mass is 35.5. The molecule has 3 aliphatic heterocycles. The van der Waals surface area contributed by atoms with Crippen LogP contribution in [0.5, 0.6) is 0 Å². The van der Waals surface area contributed by atoms with Gasteiger partial charge in [0.05, 0.1) is 0 Å². The average Bonchev–Trinajstić information content (AvgIpc) is 2.78. The number of hydrogen-bond acceptors (Lipinski definition) is 7. The number of carbonyl (C=O) groups is 3. The number of fused-ring (bicyclic) bond motifs is 3. The molecular weight excluding hydrogens is 471 g/mol. The van der Waals surface area contributed by atoms with Crippen molar-refractivity contribution in [2.75, 3.05) is 76.7 Å². The van der Waals surface area contributed by atoms with Crippen molar-refractivity contribution in [2.24, 2.45) is 11.7 Å². The number of amides is 2. The first-order valence-electron chi connectivity index (χ1n) is 10.4. The van der Waals surface area contributed by atoms with E-state index in [9.17, 15) is 14.4 Å². The van der Waals surface area contributed by atoms with Gasteiger partial charge in [-0.2, -0.15) is 0 Å². The molecule has 3 saturated heterocycles. The Labute approximate surface area is 198 Å². The predicted molar refractivity (Wildman–Crippen MR) is 119 cm³/mol. The third-order valence-corrected chi connectivity index (χ3v) is 6.28. The number of carbonyl (C=O) groups excluding carboxylic acids is 3. The van der Waals surface area contributed by atoms with Gasteiger partial charge in [-0.3, -0.25) is 9.69 Å². The number of ether oxygens (including phenoxy) is 2. The summed E-state index contributed by atoms with van der Waals surface area (Å²) in [6.45, 7) is 2.33. The van der Waals surface area contributed by atoms with Crippen molar-refractivity contribution < 1.29 is 23.9 Å². The highest BCUT2D eigenvalue weighted by Crippen LogP contribution is 2.37. The number of ketones is 1. The molecule has 3 heterocycles. The number of nitrogens with zero attached hydrogens (tertiary/aromatic N) is 3. The first-order chi connectivity index (χ1) is 14.9. The molecule has 9 nitrogen and oxygen atoms in total. The van der Waals surface area contributed by atoms with Crippen molar-refractivity contribution in [1.29, 1.82) is 0 Å². The normalized spacial score (nSPS) is 24.7. The predicted octanol–water partition coefficient (Wildman–Crippen LogP) is 1.57.